The van der Waals surface area contributed by atoms with Crippen LogP contribution < -0.4 is 0 Å². The zero-order valence-electron chi connectivity index (χ0n) is 13.0. The smallest absolute Gasteiger partial charge is 0.226 e. The first-order chi connectivity index (χ1) is 10.7. The van der Waals surface area contributed by atoms with Crippen molar-refractivity contribution >= 4 is 5.91 Å². The fraction of sp³-hybridized carbons (Fsp3) is 0.611. The van der Waals surface area contributed by atoms with E-state index in [1.165, 1.54) is 18.4 Å². The molecule has 2 atom stereocenters. The third-order valence-corrected chi connectivity index (χ3v) is 4.83. The van der Waals surface area contributed by atoms with Crippen molar-refractivity contribution in [3.8, 4) is 0 Å². The molecular formula is C18H25NO3. The van der Waals surface area contributed by atoms with E-state index >= 15 is 0 Å². The number of carbonyl (C=O) groups excluding carboxylic acids is 1. The van der Waals surface area contributed by atoms with Crippen molar-refractivity contribution in [3.63, 3.8) is 0 Å². The lowest BCUT2D eigenvalue weighted by molar-refractivity contribution is -0.131. The minimum atomic E-state index is -0.623. The minimum Gasteiger partial charge on any atom is -0.467 e. The van der Waals surface area contributed by atoms with Gasteiger partial charge < -0.3 is 14.4 Å². The number of carbonyl (C=O) groups is 1. The lowest BCUT2D eigenvalue weighted by Crippen LogP contribution is -2.36. The van der Waals surface area contributed by atoms with Gasteiger partial charge in [-0.1, -0.05) is 11.6 Å². The Hall–Kier alpha value is -1.55. The monoisotopic (exact) mass is 303 g/mol. The molecule has 22 heavy (non-hydrogen) atoms. The summed E-state index contributed by atoms with van der Waals surface area (Å²) in [5, 5.41) is 10.2. The van der Waals surface area contributed by atoms with Gasteiger partial charge in [-0.2, -0.15) is 0 Å². The van der Waals surface area contributed by atoms with Crippen LogP contribution in [0, 0.1) is 0 Å². The van der Waals surface area contributed by atoms with Crippen LogP contribution in [0.25, 0.3) is 0 Å². The van der Waals surface area contributed by atoms with E-state index in [9.17, 15) is 9.90 Å². The average Bonchev–Trinajstić information content (AvgIpc) is 3.19. The van der Waals surface area contributed by atoms with Gasteiger partial charge in [-0.3, -0.25) is 4.79 Å². The molecule has 2 aliphatic rings. The summed E-state index contributed by atoms with van der Waals surface area (Å²) in [6.45, 7) is 0.821. The van der Waals surface area contributed by atoms with Gasteiger partial charge in [0.05, 0.1) is 6.26 Å². The molecule has 120 valence electrons. The summed E-state index contributed by atoms with van der Waals surface area (Å²) in [6.07, 6.45) is 11.0. The van der Waals surface area contributed by atoms with Crippen LogP contribution in [0.2, 0.25) is 0 Å². The van der Waals surface area contributed by atoms with Crippen molar-refractivity contribution in [2.24, 2.45) is 0 Å². The van der Waals surface area contributed by atoms with E-state index in [1.807, 2.05) is 4.90 Å². The normalized spacial score (nSPS) is 23.4. The van der Waals surface area contributed by atoms with Crippen molar-refractivity contribution in [3.05, 3.63) is 35.8 Å². The van der Waals surface area contributed by atoms with Crippen LogP contribution in [0.15, 0.2) is 34.5 Å². The van der Waals surface area contributed by atoms with Crippen LogP contribution in [-0.2, 0) is 4.79 Å². The molecule has 0 aromatic carbocycles. The van der Waals surface area contributed by atoms with E-state index < -0.39 is 6.10 Å². The Morgan fingerprint density at radius 3 is 3.05 bits per heavy atom. The molecule has 0 radical (unpaired) electrons. The number of hydrogen-bond donors (Lipinski definition) is 1. The number of amides is 1. The Labute approximate surface area is 131 Å². The van der Waals surface area contributed by atoms with E-state index in [4.69, 9.17) is 4.42 Å². The van der Waals surface area contributed by atoms with Crippen molar-refractivity contribution in [1.82, 2.24) is 4.90 Å². The summed E-state index contributed by atoms with van der Waals surface area (Å²) in [5.74, 6) is 0.816. The van der Waals surface area contributed by atoms with Gasteiger partial charge in [-0.25, -0.2) is 0 Å². The van der Waals surface area contributed by atoms with Gasteiger partial charge in [0.25, 0.3) is 0 Å². The van der Waals surface area contributed by atoms with Gasteiger partial charge in [-0.15, -0.1) is 0 Å². The van der Waals surface area contributed by atoms with E-state index in [-0.39, 0.29) is 11.9 Å². The summed E-state index contributed by atoms with van der Waals surface area (Å²) < 4.78 is 5.26. The Bertz CT molecular complexity index is 520. The van der Waals surface area contributed by atoms with Gasteiger partial charge >= 0.3 is 0 Å². The Morgan fingerprint density at radius 2 is 2.32 bits per heavy atom. The second kappa shape index (κ2) is 7.14. The molecule has 4 heteroatoms. The summed E-state index contributed by atoms with van der Waals surface area (Å²) in [4.78, 5) is 14.5. The van der Waals surface area contributed by atoms with Crippen LogP contribution in [-0.4, -0.2) is 28.5 Å². The minimum absolute atomic E-state index is 0.136. The average molecular weight is 303 g/mol. The van der Waals surface area contributed by atoms with Gasteiger partial charge in [0.2, 0.25) is 5.91 Å². The molecule has 1 aromatic heterocycles. The summed E-state index contributed by atoms with van der Waals surface area (Å²) in [5.41, 5.74) is 1.30. The van der Waals surface area contributed by atoms with E-state index in [2.05, 4.69) is 6.08 Å². The van der Waals surface area contributed by atoms with Crippen molar-refractivity contribution in [1.29, 1.82) is 0 Å². The fourth-order valence-corrected chi connectivity index (χ4v) is 3.62. The predicted molar refractivity (Wildman–Crippen MR) is 84.2 cm³/mol. The topological polar surface area (TPSA) is 53.7 Å². The van der Waals surface area contributed by atoms with Crippen LogP contribution in [0.4, 0.5) is 0 Å². The number of furan rings is 1. The van der Waals surface area contributed by atoms with Gasteiger partial charge in [0.15, 0.2) is 0 Å². The standard InChI is InChI=1S/C18H25NO3/c20-16(17-9-5-11-22-17)13-15-8-4-10-19(15)18(21)12-14-6-2-1-3-7-14/h5-6,9,11,15-16,20H,1-4,7-8,10,12-13H2/t15-,16+/m0/s1. The molecular weight excluding hydrogens is 278 g/mol. The van der Waals surface area contributed by atoms with Crippen molar-refractivity contribution < 1.29 is 14.3 Å². The number of rotatable bonds is 5. The lowest BCUT2D eigenvalue weighted by atomic mass is 9.96. The Kier molecular flexibility index (Phi) is 4.98. The summed E-state index contributed by atoms with van der Waals surface area (Å²) in [7, 11) is 0. The molecule has 1 amide bonds. The van der Waals surface area contributed by atoms with Gasteiger partial charge in [-0.05, 0) is 50.7 Å². The lowest BCUT2D eigenvalue weighted by Gasteiger charge is -2.27. The van der Waals surface area contributed by atoms with Crippen molar-refractivity contribution in [2.45, 2.75) is 63.5 Å². The highest BCUT2D eigenvalue weighted by atomic mass is 16.4. The van der Waals surface area contributed by atoms with Crippen LogP contribution >= 0.6 is 0 Å². The number of aliphatic hydroxyl groups is 1. The second-order valence-corrected chi connectivity index (χ2v) is 6.44. The second-order valence-electron chi connectivity index (χ2n) is 6.44. The molecule has 0 saturated carbocycles. The van der Waals surface area contributed by atoms with Crippen LogP contribution in [0.3, 0.4) is 0 Å². The molecule has 1 N–H and O–H groups in total. The SMILES string of the molecule is O=C(CC1=CCCCC1)N1CCC[C@H]1C[C@@H](O)c1ccco1. The Balaban J connectivity index is 1.57. The summed E-state index contributed by atoms with van der Waals surface area (Å²) >= 11 is 0. The highest BCUT2D eigenvalue weighted by Gasteiger charge is 2.31. The van der Waals surface area contributed by atoms with Gasteiger partial charge in [0.1, 0.15) is 11.9 Å². The maximum Gasteiger partial charge on any atom is 0.226 e. The molecule has 1 aromatic rings. The molecule has 0 unspecified atom stereocenters. The molecule has 2 heterocycles. The van der Waals surface area contributed by atoms with Gasteiger partial charge in [0, 0.05) is 25.4 Å². The van der Waals surface area contributed by atoms with E-state index in [0.717, 1.165) is 32.2 Å². The first-order valence-corrected chi connectivity index (χ1v) is 8.43. The van der Waals surface area contributed by atoms with Crippen molar-refractivity contribution in [2.75, 3.05) is 6.54 Å². The van der Waals surface area contributed by atoms with E-state index in [1.54, 1.807) is 18.4 Å². The maximum atomic E-state index is 12.6. The molecule has 1 fully saturated rings. The third-order valence-electron chi connectivity index (χ3n) is 4.83. The Morgan fingerprint density at radius 1 is 1.41 bits per heavy atom. The molecule has 1 aliphatic heterocycles. The highest BCUT2D eigenvalue weighted by Crippen LogP contribution is 2.29. The largest absolute Gasteiger partial charge is 0.467 e. The number of allylic oxidation sites excluding steroid dienone is 1. The fourth-order valence-electron chi connectivity index (χ4n) is 3.62. The predicted octanol–water partition coefficient (Wildman–Crippen LogP) is 3.58. The maximum absolute atomic E-state index is 12.6. The molecule has 3 rings (SSSR count). The van der Waals surface area contributed by atoms with E-state index in [0.29, 0.717) is 18.6 Å². The van der Waals surface area contributed by atoms with Crippen LogP contribution in [0.5, 0.6) is 0 Å². The highest BCUT2D eigenvalue weighted by molar-refractivity contribution is 5.79. The summed E-state index contributed by atoms with van der Waals surface area (Å²) in [6, 6.07) is 3.71. The quantitative estimate of drug-likeness (QED) is 0.846. The number of nitrogens with zero attached hydrogens (tertiary/aromatic N) is 1. The number of likely N-dealkylation sites (tertiary alicyclic amines) is 1. The third kappa shape index (κ3) is 3.61. The first kappa shape index (κ1) is 15.3. The molecule has 4 nitrogen and oxygen atoms in total. The first-order valence-electron chi connectivity index (χ1n) is 8.43. The molecule has 0 bridgehead atoms. The molecule has 0 spiro atoms. The number of aliphatic hydroxyl groups excluding tert-OH is 1. The zero-order chi connectivity index (χ0) is 15.4. The molecule has 1 saturated heterocycles. The molecule has 1 aliphatic carbocycles. The zero-order valence-corrected chi connectivity index (χ0v) is 13.0. The van der Waals surface area contributed by atoms with Crippen LogP contribution in [0.1, 0.15) is 63.2 Å². The number of hydrogen-bond acceptors (Lipinski definition) is 3.